The number of benzene rings is 2. The average Bonchev–Trinajstić information content (AvgIpc) is 3.41. The molecule has 0 saturated heterocycles. The second-order valence-electron chi connectivity index (χ2n) is 7.22. The summed E-state index contributed by atoms with van der Waals surface area (Å²) >= 11 is 0. The Kier molecular flexibility index (Phi) is 4.86. The van der Waals surface area contributed by atoms with Gasteiger partial charge in [0.2, 0.25) is 11.8 Å². The fraction of sp³-hybridized carbons (Fsp3) is 0.364. The quantitative estimate of drug-likeness (QED) is 0.813. The standard InChI is InChI=1S/C22H26N2O2/c1-5-24(19-8-6-7-15(2)13-19)21(26)22(11-12-22)20(25)23-18-10-9-16(3)17(4)14-18/h6-10,13-14H,5,11-12H2,1-4H3,(H,23,25). The third-order valence-corrected chi connectivity index (χ3v) is 5.23. The first-order valence-electron chi connectivity index (χ1n) is 9.15. The molecular formula is C22H26N2O2. The molecule has 2 amide bonds. The lowest BCUT2D eigenvalue weighted by Crippen LogP contribution is -2.43. The lowest BCUT2D eigenvalue weighted by molar-refractivity contribution is -0.132. The minimum absolute atomic E-state index is 0.105. The summed E-state index contributed by atoms with van der Waals surface area (Å²) in [5.41, 5.74) is 4.06. The van der Waals surface area contributed by atoms with E-state index in [2.05, 4.69) is 5.32 Å². The first-order valence-corrected chi connectivity index (χ1v) is 9.15. The van der Waals surface area contributed by atoms with Gasteiger partial charge in [-0.15, -0.1) is 0 Å². The summed E-state index contributed by atoms with van der Waals surface area (Å²) in [6.45, 7) is 8.53. The van der Waals surface area contributed by atoms with E-state index in [4.69, 9.17) is 0 Å². The van der Waals surface area contributed by atoms with Crippen molar-refractivity contribution in [2.45, 2.75) is 40.5 Å². The molecule has 1 aliphatic carbocycles. The fourth-order valence-corrected chi connectivity index (χ4v) is 3.23. The second-order valence-corrected chi connectivity index (χ2v) is 7.22. The molecule has 4 nitrogen and oxygen atoms in total. The zero-order valence-corrected chi connectivity index (χ0v) is 15.9. The number of carbonyl (C=O) groups excluding carboxylic acids is 2. The highest BCUT2D eigenvalue weighted by atomic mass is 16.2. The van der Waals surface area contributed by atoms with E-state index >= 15 is 0 Å². The van der Waals surface area contributed by atoms with Gasteiger partial charge in [-0.05, 0) is 81.5 Å². The molecule has 0 aliphatic heterocycles. The van der Waals surface area contributed by atoms with Crippen molar-refractivity contribution < 1.29 is 9.59 Å². The number of anilines is 2. The molecule has 2 aromatic carbocycles. The molecule has 0 radical (unpaired) electrons. The summed E-state index contributed by atoms with van der Waals surface area (Å²) in [7, 11) is 0. The Bertz CT molecular complexity index is 853. The van der Waals surface area contributed by atoms with Crippen LogP contribution in [0.2, 0.25) is 0 Å². The van der Waals surface area contributed by atoms with Crippen molar-refractivity contribution in [1.82, 2.24) is 0 Å². The Balaban J connectivity index is 1.81. The van der Waals surface area contributed by atoms with E-state index in [1.165, 1.54) is 5.56 Å². The predicted molar refractivity (Wildman–Crippen MR) is 105 cm³/mol. The zero-order chi connectivity index (χ0) is 18.9. The molecule has 1 fully saturated rings. The van der Waals surface area contributed by atoms with Crippen LogP contribution < -0.4 is 10.2 Å². The lowest BCUT2D eigenvalue weighted by atomic mass is 10.0. The molecule has 1 N–H and O–H groups in total. The van der Waals surface area contributed by atoms with Crippen LogP contribution >= 0.6 is 0 Å². The van der Waals surface area contributed by atoms with Crippen LogP contribution in [0.3, 0.4) is 0 Å². The summed E-state index contributed by atoms with van der Waals surface area (Å²) in [6, 6.07) is 13.7. The van der Waals surface area contributed by atoms with Crippen molar-refractivity contribution in [3.8, 4) is 0 Å². The number of hydrogen-bond acceptors (Lipinski definition) is 2. The van der Waals surface area contributed by atoms with Gasteiger partial charge in [-0.1, -0.05) is 18.2 Å². The average molecular weight is 350 g/mol. The van der Waals surface area contributed by atoms with E-state index in [9.17, 15) is 9.59 Å². The van der Waals surface area contributed by atoms with Gasteiger partial charge in [0.05, 0.1) is 0 Å². The minimum atomic E-state index is -0.932. The van der Waals surface area contributed by atoms with Crippen LogP contribution in [0.5, 0.6) is 0 Å². The van der Waals surface area contributed by atoms with E-state index in [0.29, 0.717) is 19.4 Å². The second kappa shape index (κ2) is 6.94. The van der Waals surface area contributed by atoms with E-state index in [-0.39, 0.29) is 11.8 Å². The molecule has 2 aromatic rings. The molecule has 3 rings (SSSR count). The van der Waals surface area contributed by atoms with Gasteiger partial charge in [-0.25, -0.2) is 0 Å². The van der Waals surface area contributed by atoms with Crippen LogP contribution in [0, 0.1) is 26.2 Å². The van der Waals surface area contributed by atoms with Gasteiger partial charge < -0.3 is 10.2 Å². The summed E-state index contributed by atoms with van der Waals surface area (Å²) in [5, 5.41) is 2.95. The number of carbonyl (C=O) groups is 2. The Morgan fingerprint density at radius 1 is 1.04 bits per heavy atom. The smallest absolute Gasteiger partial charge is 0.242 e. The van der Waals surface area contributed by atoms with Gasteiger partial charge in [0.1, 0.15) is 5.41 Å². The van der Waals surface area contributed by atoms with Crippen LogP contribution in [0.25, 0.3) is 0 Å². The molecule has 0 unspecified atom stereocenters. The van der Waals surface area contributed by atoms with Gasteiger partial charge in [-0.3, -0.25) is 9.59 Å². The highest BCUT2D eigenvalue weighted by Gasteiger charge is 2.58. The van der Waals surface area contributed by atoms with E-state index in [1.807, 2.05) is 70.2 Å². The largest absolute Gasteiger partial charge is 0.325 e. The molecule has 136 valence electrons. The molecule has 0 spiro atoms. The van der Waals surface area contributed by atoms with Gasteiger partial charge in [0.15, 0.2) is 0 Å². The molecule has 1 saturated carbocycles. The summed E-state index contributed by atoms with van der Waals surface area (Å²) < 4.78 is 0. The number of nitrogens with zero attached hydrogens (tertiary/aromatic N) is 1. The van der Waals surface area contributed by atoms with Gasteiger partial charge >= 0.3 is 0 Å². The SMILES string of the molecule is CCN(C(=O)C1(C(=O)Nc2ccc(C)c(C)c2)CC1)c1cccc(C)c1. The lowest BCUT2D eigenvalue weighted by Gasteiger charge is -2.26. The maximum atomic E-state index is 13.2. The summed E-state index contributed by atoms with van der Waals surface area (Å²) in [4.78, 5) is 27.8. The molecule has 0 aromatic heterocycles. The fourth-order valence-electron chi connectivity index (χ4n) is 3.23. The van der Waals surface area contributed by atoms with Crippen molar-refractivity contribution in [2.75, 3.05) is 16.8 Å². The van der Waals surface area contributed by atoms with Crippen LogP contribution in [0.1, 0.15) is 36.5 Å². The highest BCUT2D eigenvalue weighted by Crippen LogP contribution is 2.48. The number of hydrogen-bond donors (Lipinski definition) is 1. The Labute approximate surface area is 155 Å². The highest BCUT2D eigenvalue weighted by molar-refractivity contribution is 6.17. The van der Waals surface area contributed by atoms with E-state index in [1.54, 1.807) is 4.90 Å². The van der Waals surface area contributed by atoms with Crippen LogP contribution in [0.15, 0.2) is 42.5 Å². The minimum Gasteiger partial charge on any atom is -0.325 e. The van der Waals surface area contributed by atoms with E-state index in [0.717, 1.165) is 22.5 Å². The van der Waals surface area contributed by atoms with Crippen molar-refractivity contribution in [3.05, 3.63) is 59.2 Å². The molecule has 4 heteroatoms. The first-order chi connectivity index (χ1) is 12.4. The van der Waals surface area contributed by atoms with Crippen molar-refractivity contribution in [1.29, 1.82) is 0 Å². The Morgan fingerprint density at radius 2 is 1.77 bits per heavy atom. The van der Waals surface area contributed by atoms with Crippen molar-refractivity contribution in [3.63, 3.8) is 0 Å². The number of rotatable bonds is 5. The number of aryl methyl sites for hydroxylation is 3. The molecule has 0 bridgehead atoms. The number of nitrogens with one attached hydrogen (secondary N) is 1. The first kappa shape index (κ1) is 18.2. The van der Waals surface area contributed by atoms with Crippen molar-refractivity contribution in [2.24, 2.45) is 5.41 Å². The Morgan fingerprint density at radius 3 is 2.35 bits per heavy atom. The molecule has 0 atom stereocenters. The van der Waals surface area contributed by atoms with Gasteiger partial charge in [0.25, 0.3) is 0 Å². The number of amides is 2. The van der Waals surface area contributed by atoms with Gasteiger partial charge in [-0.2, -0.15) is 0 Å². The third-order valence-electron chi connectivity index (χ3n) is 5.23. The summed E-state index contributed by atoms with van der Waals surface area (Å²) in [5.74, 6) is -0.302. The normalized spacial score (nSPS) is 14.6. The monoisotopic (exact) mass is 350 g/mol. The molecule has 0 heterocycles. The van der Waals surface area contributed by atoms with Crippen LogP contribution in [-0.2, 0) is 9.59 Å². The molecule has 1 aliphatic rings. The van der Waals surface area contributed by atoms with Crippen molar-refractivity contribution >= 4 is 23.2 Å². The van der Waals surface area contributed by atoms with Gasteiger partial charge in [0, 0.05) is 17.9 Å². The Hall–Kier alpha value is -2.62. The molecular weight excluding hydrogens is 324 g/mol. The zero-order valence-electron chi connectivity index (χ0n) is 15.9. The summed E-state index contributed by atoms with van der Waals surface area (Å²) in [6.07, 6.45) is 1.20. The third kappa shape index (κ3) is 3.36. The predicted octanol–water partition coefficient (Wildman–Crippen LogP) is 4.38. The van der Waals surface area contributed by atoms with E-state index < -0.39 is 5.41 Å². The van der Waals surface area contributed by atoms with Crippen LogP contribution in [-0.4, -0.2) is 18.4 Å². The maximum Gasteiger partial charge on any atom is 0.242 e. The van der Waals surface area contributed by atoms with Crippen LogP contribution in [0.4, 0.5) is 11.4 Å². The topological polar surface area (TPSA) is 49.4 Å². The molecule has 26 heavy (non-hydrogen) atoms. The maximum absolute atomic E-state index is 13.2.